The molecular formula is C18H19FN2O4S. The molecule has 8 heteroatoms. The topological polar surface area (TPSA) is 86.7 Å². The first-order chi connectivity index (χ1) is 12.4. The van der Waals surface area contributed by atoms with Gasteiger partial charge in [0.05, 0.1) is 10.8 Å². The molecular weight excluding hydrogens is 359 g/mol. The van der Waals surface area contributed by atoms with E-state index in [1.807, 2.05) is 0 Å². The lowest BCUT2D eigenvalue weighted by atomic mass is 9.98. The number of benzene rings is 2. The van der Waals surface area contributed by atoms with Gasteiger partial charge in [0, 0.05) is 24.8 Å². The lowest BCUT2D eigenvalue weighted by Crippen LogP contribution is -2.43. The number of anilines is 1. The summed E-state index contributed by atoms with van der Waals surface area (Å²) >= 11 is 0. The number of piperidine rings is 1. The van der Waals surface area contributed by atoms with E-state index in [2.05, 4.69) is 5.32 Å². The van der Waals surface area contributed by atoms with Crippen LogP contribution in [0.5, 0.6) is 5.75 Å². The van der Waals surface area contributed by atoms with Crippen molar-refractivity contribution in [2.24, 2.45) is 5.92 Å². The quantitative estimate of drug-likeness (QED) is 0.856. The minimum Gasteiger partial charge on any atom is -0.508 e. The molecule has 2 aromatic carbocycles. The van der Waals surface area contributed by atoms with Crippen LogP contribution in [0, 0.1) is 11.7 Å². The van der Waals surface area contributed by atoms with E-state index in [9.17, 15) is 22.7 Å². The second kappa shape index (κ2) is 7.43. The van der Waals surface area contributed by atoms with Crippen molar-refractivity contribution in [1.29, 1.82) is 0 Å². The molecule has 2 aromatic rings. The number of carbonyl (C=O) groups excluding carboxylic acids is 1. The van der Waals surface area contributed by atoms with E-state index in [1.54, 1.807) is 12.1 Å². The Balaban J connectivity index is 1.72. The number of nitrogens with one attached hydrogen (secondary N) is 1. The Bertz CT molecular complexity index is 900. The summed E-state index contributed by atoms with van der Waals surface area (Å²) in [6.07, 6.45) is 1.12. The number of hydrogen-bond acceptors (Lipinski definition) is 4. The van der Waals surface area contributed by atoms with Gasteiger partial charge in [-0.3, -0.25) is 4.79 Å². The Labute approximate surface area is 151 Å². The number of aromatic hydroxyl groups is 1. The molecule has 0 spiro atoms. The zero-order chi connectivity index (χ0) is 18.7. The fourth-order valence-corrected chi connectivity index (χ4v) is 4.48. The number of hydrogen-bond donors (Lipinski definition) is 2. The van der Waals surface area contributed by atoms with Crippen molar-refractivity contribution in [3.05, 3.63) is 54.3 Å². The van der Waals surface area contributed by atoms with E-state index in [4.69, 9.17) is 0 Å². The van der Waals surface area contributed by atoms with Crippen molar-refractivity contribution in [3.63, 3.8) is 0 Å². The standard InChI is InChI=1S/C18H19FN2O4S/c19-14-6-8-17(9-7-14)26(24,25)21-10-2-3-13(12-21)18(23)20-15-4-1-5-16(22)11-15/h1,4-9,11,13,22H,2-3,10,12H2,(H,20,23). The maximum atomic E-state index is 13.0. The van der Waals surface area contributed by atoms with E-state index >= 15 is 0 Å². The fourth-order valence-electron chi connectivity index (χ4n) is 2.96. The van der Waals surface area contributed by atoms with Gasteiger partial charge < -0.3 is 10.4 Å². The second-order valence-corrected chi connectivity index (χ2v) is 8.13. The summed E-state index contributed by atoms with van der Waals surface area (Å²) < 4.78 is 39.7. The highest BCUT2D eigenvalue weighted by Gasteiger charge is 2.33. The maximum absolute atomic E-state index is 13.0. The van der Waals surface area contributed by atoms with Gasteiger partial charge in [0.1, 0.15) is 11.6 Å². The van der Waals surface area contributed by atoms with Crippen LogP contribution >= 0.6 is 0 Å². The maximum Gasteiger partial charge on any atom is 0.243 e. The number of rotatable bonds is 4. The van der Waals surface area contributed by atoms with Gasteiger partial charge in [0.25, 0.3) is 0 Å². The van der Waals surface area contributed by atoms with Crippen LogP contribution in [-0.2, 0) is 14.8 Å². The molecule has 0 bridgehead atoms. The molecule has 1 atom stereocenters. The molecule has 138 valence electrons. The van der Waals surface area contributed by atoms with Crippen LogP contribution in [0.1, 0.15) is 12.8 Å². The Kier molecular flexibility index (Phi) is 5.24. The smallest absolute Gasteiger partial charge is 0.243 e. The first-order valence-electron chi connectivity index (χ1n) is 8.22. The third-order valence-corrected chi connectivity index (χ3v) is 6.20. The van der Waals surface area contributed by atoms with E-state index in [0.29, 0.717) is 25.1 Å². The molecule has 26 heavy (non-hydrogen) atoms. The van der Waals surface area contributed by atoms with Gasteiger partial charge in [0.15, 0.2) is 0 Å². The van der Waals surface area contributed by atoms with Crippen LogP contribution in [-0.4, -0.2) is 36.8 Å². The lowest BCUT2D eigenvalue weighted by Gasteiger charge is -2.31. The average molecular weight is 378 g/mol. The molecule has 2 N–H and O–H groups in total. The summed E-state index contributed by atoms with van der Waals surface area (Å²) in [5, 5.41) is 12.2. The minimum atomic E-state index is -3.78. The van der Waals surface area contributed by atoms with Gasteiger partial charge in [0.2, 0.25) is 15.9 Å². The first kappa shape index (κ1) is 18.3. The molecule has 0 aromatic heterocycles. The van der Waals surface area contributed by atoms with Crippen molar-refractivity contribution in [2.45, 2.75) is 17.7 Å². The van der Waals surface area contributed by atoms with Crippen molar-refractivity contribution in [3.8, 4) is 5.75 Å². The van der Waals surface area contributed by atoms with Gasteiger partial charge in [-0.25, -0.2) is 12.8 Å². The highest BCUT2D eigenvalue weighted by molar-refractivity contribution is 7.89. The lowest BCUT2D eigenvalue weighted by molar-refractivity contribution is -0.120. The average Bonchev–Trinajstić information content (AvgIpc) is 2.62. The van der Waals surface area contributed by atoms with Crippen LogP contribution in [0.4, 0.5) is 10.1 Å². The van der Waals surface area contributed by atoms with E-state index in [1.165, 1.54) is 28.6 Å². The molecule has 1 amide bonds. The molecule has 0 aliphatic carbocycles. The number of nitrogens with zero attached hydrogens (tertiary/aromatic N) is 1. The number of phenolic OH excluding ortho intramolecular Hbond substituents is 1. The van der Waals surface area contributed by atoms with Crippen molar-refractivity contribution >= 4 is 21.6 Å². The Morgan fingerprint density at radius 3 is 2.62 bits per heavy atom. The summed E-state index contributed by atoms with van der Waals surface area (Å²) in [5.41, 5.74) is 0.452. The summed E-state index contributed by atoms with van der Waals surface area (Å²) in [6, 6.07) is 10.8. The van der Waals surface area contributed by atoms with Gasteiger partial charge in [-0.1, -0.05) is 6.07 Å². The number of carbonyl (C=O) groups is 1. The summed E-state index contributed by atoms with van der Waals surface area (Å²) in [4.78, 5) is 12.5. The number of amides is 1. The van der Waals surface area contributed by atoms with E-state index < -0.39 is 21.8 Å². The highest BCUT2D eigenvalue weighted by Crippen LogP contribution is 2.25. The monoisotopic (exact) mass is 378 g/mol. The first-order valence-corrected chi connectivity index (χ1v) is 9.66. The van der Waals surface area contributed by atoms with Crippen molar-refractivity contribution in [2.75, 3.05) is 18.4 Å². The number of halogens is 1. The molecule has 1 aliphatic heterocycles. The van der Waals surface area contributed by atoms with Crippen LogP contribution in [0.15, 0.2) is 53.4 Å². The van der Waals surface area contributed by atoms with Crippen LogP contribution < -0.4 is 5.32 Å². The van der Waals surface area contributed by atoms with Crippen molar-refractivity contribution < 1.29 is 22.7 Å². The van der Waals surface area contributed by atoms with Gasteiger partial charge >= 0.3 is 0 Å². The third-order valence-electron chi connectivity index (χ3n) is 4.32. The molecule has 0 radical (unpaired) electrons. The summed E-state index contributed by atoms with van der Waals surface area (Å²) in [7, 11) is -3.78. The zero-order valence-corrected chi connectivity index (χ0v) is 14.7. The fraction of sp³-hybridized carbons (Fsp3) is 0.278. The molecule has 1 saturated heterocycles. The molecule has 1 unspecified atom stereocenters. The normalized spacial score (nSPS) is 18.4. The SMILES string of the molecule is O=C(Nc1cccc(O)c1)C1CCCN(S(=O)(=O)c2ccc(F)cc2)C1. The minimum absolute atomic E-state index is 0.00735. The van der Waals surface area contributed by atoms with E-state index in [0.717, 1.165) is 12.1 Å². The molecule has 1 fully saturated rings. The summed E-state index contributed by atoms with van der Waals surface area (Å²) in [5.74, 6) is -1.27. The highest BCUT2D eigenvalue weighted by atomic mass is 32.2. The third kappa shape index (κ3) is 4.03. The zero-order valence-electron chi connectivity index (χ0n) is 13.9. The van der Waals surface area contributed by atoms with Crippen LogP contribution in [0.25, 0.3) is 0 Å². The molecule has 1 aliphatic rings. The molecule has 6 nitrogen and oxygen atoms in total. The van der Waals surface area contributed by atoms with E-state index in [-0.39, 0.29) is 23.1 Å². The predicted molar refractivity (Wildman–Crippen MR) is 94.6 cm³/mol. The van der Waals surface area contributed by atoms with Crippen LogP contribution in [0.2, 0.25) is 0 Å². The largest absolute Gasteiger partial charge is 0.508 e. The van der Waals surface area contributed by atoms with Crippen LogP contribution in [0.3, 0.4) is 0 Å². The Morgan fingerprint density at radius 2 is 1.92 bits per heavy atom. The number of sulfonamides is 1. The van der Waals surface area contributed by atoms with Crippen molar-refractivity contribution in [1.82, 2.24) is 4.31 Å². The number of phenols is 1. The Morgan fingerprint density at radius 1 is 1.19 bits per heavy atom. The van der Waals surface area contributed by atoms with Gasteiger partial charge in [-0.05, 0) is 49.2 Å². The van der Waals surface area contributed by atoms with Gasteiger partial charge in [-0.15, -0.1) is 0 Å². The molecule has 1 heterocycles. The predicted octanol–water partition coefficient (Wildman–Crippen LogP) is 2.57. The Hall–Kier alpha value is -2.45. The summed E-state index contributed by atoms with van der Waals surface area (Å²) in [6.45, 7) is 0.375. The van der Waals surface area contributed by atoms with Gasteiger partial charge in [-0.2, -0.15) is 4.31 Å². The molecule has 3 rings (SSSR count). The second-order valence-electron chi connectivity index (χ2n) is 6.20. The molecule has 0 saturated carbocycles.